The lowest BCUT2D eigenvalue weighted by Crippen LogP contribution is -2.28. The number of aryl methyl sites for hydroxylation is 1. The molecule has 0 unspecified atom stereocenters. The Hall–Kier alpha value is -0.900. The summed E-state index contributed by atoms with van der Waals surface area (Å²) >= 11 is 1.37. The molecule has 1 aromatic heterocycles. The van der Waals surface area contributed by atoms with Crippen molar-refractivity contribution in [1.82, 2.24) is 4.37 Å². The van der Waals surface area contributed by atoms with Gasteiger partial charge in [0.25, 0.3) is 0 Å². The number of carbonyl (C=O) groups is 1. The van der Waals surface area contributed by atoms with E-state index in [1.807, 2.05) is 6.92 Å². The van der Waals surface area contributed by atoms with Gasteiger partial charge >= 0.3 is 0 Å². The molecule has 1 N–H and O–H groups in total. The highest BCUT2D eigenvalue weighted by molar-refractivity contribution is 7.10. The highest BCUT2D eigenvalue weighted by Crippen LogP contribution is 2.30. The number of aromatic nitrogens is 1. The molecule has 4 heteroatoms. The van der Waals surface area contributed by atoms with Crippen molar-refractivity contribution in [3.63, 3.8) is 0 Å². The number of carbonyl (C=O) groups excluding carboxylic acids is 1. The van der Waals surface area contributed by atoms with Crippen LogP contribution in [0.2, 0.25) is 0 Å². The van der Waals surface area contributed by atoms with Gasteiger partial charge in [0.1, 0.15) is 5.00 Å². The predicted octanol–water partition coefficient (Wildman–Crippen LogP) is 3.75. The molecular formula is C13H22N2OS. The molecule has 0 saturated carbocycles. The lowest BCUT2D eigenvalue weighted by Gasteiger charge is -2.29. The number of ketones is 1. The van der Waals surface area contributed by atoms with Crippen molar-refractivity contribution in [3.05, 3.63) is 11.3 Å². The summed E-state index contributed by atoms with van der Waals surface area (Å²) in [4.78, 5) is 11.5. The fourth-order valence-electron chi connectivity index (χ4n) is 1.42. The molecule has 0 saturated heterocycles. The first-order chi connectivity index (χ1) is 7.75. The van der Waals surface area contributed by atoms with Crippen LogP contribution >= 0.6 is 11.5 Å². The third kappa shape index (κ3) is 3.28. The van der Waals surface area contributed by atoms with Gasteiger partial charge in [0, 0.05) is 6.54 Å². The minimum atomic E-state index is 0.0844. The summed E-state index contributed by atoms with van der Waals surface area (Å²) < 4.78 is 4.24. The van der Waals surface area contributed by atoms with Gasteiger partial charge in [-0.05, 0) is 36.7 Å². The number of anilines is 1. The first-order valence-corrected chi connectivity index (χ1v) is 6.74. The van der Waals surface area contributed by atoms with Crippen LogP contribution in [0.5, 0.6) is 0 Å². The van der Waals surface area contributed by atoms with E-state index in [2.05, 4.69) is 37.4 Å². The number of rotatable bonds is 5. The molecule has 0 fully saturated rings. The molecule has 3 nitrogen and oxygen atoms in total. The van der Waals surface area contributed by atoms with Crippen LogP contribution in [0.25, 0.3) is 0 Å². The summed E-state index contributed by atoms with van der Waals surface area (Å²) in [6.07, 6.45) is 0. The zero-order chi connectivity index (χ0) is 13.2. The third-order valence-electron chi connectivity index (χ3n) is 3.48. The van der Waals surface area contributed by atoms with E-state index in [4.69, 9.17) is 0 Å². The van der Waals surface area contributed by atoms with Crippen LogP contribution in [0.4, 0.5) is 5.00 Å². The van der Waals surface area contributed by atoms with E-state index in [9.17, 15) is 4.79 Å². The Bertz CT molecular complexity index is 408. The van der Waals surface area contributed by atoms with Crippen LogP contribution in [0, 0.1) is 18.3 Å². The molecule has 0 spiro atoms. The van der Waals surface area contributed by atoms with Crippen molar-refractivity contribution in [2.24, 2.45) is 11.3 Å². The minimum absolute atomic E-state index is 0.0844. The number of nitrogens with one attached hydrogen (secondary N) is 1. The maximum absolute atomic E-state index is 11.5. The van der Waals surface area contributed by atoms with Gasteiger partial charge in [0.15, 0.2) is 5.78 Å². The molecule has 0 aliphatic rings. The average molecular weight is 254 g/mol. The molecule has 1 heterocycles. The van der Waals surface area contributed by atoms with Gasteiger partial charge in [0.2, 0.25) is 0 Å². The molecule has 1 rings (SSSR count). The molecule has 0 atom stereocenters. The Balaban J connectivity index is 2.80. The van der Waals surface area contributed by atoms with Gasteiger partial charge in [-0.3, -0.25) is 4.79 Å². The number of nitrogens with zero attached hydrogens (tertiary/aromatic N) is 1. The summed E-state index contributed by atoms with van der Waals surface area (Å²) in [6, 6.07) is 0. The van der Waals surface area contributed by atoms with Crippen molar-refractivity contribution in [2.45, 2.75) is 41.5 Å². The lowest BCUT2D eigenvalue weighted by molar-refractivity contribution is 0.101. The van der Waals surface area contributed by atoms with Crippen molar-refractivity contribution >= 4 is 22.3 Å². The second-order valence-corrected chi connectivity index (χ2v) is 6.30. The topological polar surface area (TPSA) is 42.0 Å². The normalized spacial score (nSPS) is 11.9. The number of Topliss-reactive ketones (excluding diaryl/α,β-unsaturated/α-hetero) is 1. The van der Waals surface area contributed by atoms with Crippen LogP contribution in [0.1, 0.15) is 50.7 Å². The summed E-state index contributed by atoms with van der Waals surface area (Å²) in [5, 5.41) is 4.28. The molecule has 96 valence electrons. The number of hydrogen-bond acceptors (Lipinski definition) is 4. The molecule has 17 heavy (non-hydrogen) atoms. The molecule has 0 radical (unpaired) electrons. The fourth-order valence-corrected chi connectivity index (χ4v) is 2.26. The third-order valence-corrected chi connectivity index (χ3v) is 4.38. The van der Waals surface area contributed by atoms with Gasteiger partial charge in [0.05, 0.1) is 11.3 Å². The molecule has 0 aliphatic carbocycles. The maximum atomic E-state index is 11.5. The molecule has 0 aromatic carbocycles. The lowest BCUT2D eigenvalue weighted by atomic mass is 9.81. The smallest absolute Gasteiger partial charge is 0.164 e. The highest BCUT2D eigenvalue weighted by atomic mass is 32.1. The molecule has 1 aromatic rings. The van der Waals surface area contributed by atoms with Gasteiger partial charge < -0.3 is 5.32 Å². The highest BCUT2D eigenvalue weighted by Gasteiger charge is 2.23. The van der Waals surface area contributed by atoms with E-state index in [0.29, 0.717) is 5.92 Å². The van der Waals surface area contributed by atoms with E-state index in [-0.39, 0.29) is 11.2 Å². The Kier molecular flexibility index (Phi) is 4.31. The second kappa shape index (κ2) is 5.17. The Labute approximate surface area is 108 Å². The van der Waals surface area contributed by atoms with E-state index in [1.165, 1.54) is 11.5 Å². The zero-order valence-corrected chi connectivity index (χ0v) is 12.4. The van der Waals surface area contributed by atoms with Crippen LogP contribution in [-0.4, -0.2) is 16.7 Å². The predicted molar refractivity (Wildman–Crippen MR) is 74.0 cm³/mol. The van der Waals surface area contributed by atoms with Crippen LogP contribution < -0.4 is 5.32 Å². The van der Waals surface area contributed by atoms with E-state index in [1.54, 1.807) is 6.92 Å². The van der Waals surface area contributed by atoms with Crippen molar-refractivity contribution < 1.29 is 4.79 Å². The monoisotopic (exact) mass is 254 g/mol. The van der Waals surface area contributed by atoms with Crippen molar-refractivity contribution in [1.29, 1.82) is 0 Å². The second-order valence-electron chi connectivity index (χ2n) is 5.53. The fraction of sp³-hybridized carbons (Fsp3) is 0.692. The zero-order valence-electron chi connectivity index (χ0n) is 11.5. The maximum Gasteiger partial charge on any atom is 0.164 e. The SMILES string of the molecule is CC(=O)c1c(C)nsc1NCC(C)(C)C(C)C. The van der Waals surface area contributed by atoms with Crippen molar-refractivity contribution in [3.8, 4) is 0 Å². The minimum Gasteiger partial charge on any atom is -0.375 e. The van der Waals surface area contributed by atoms with E-state index >= 15 is 0 Å². The summed E-state index contributed by atoms with van der Waals surface area (Å²) in [7, 11) is 0. The molecular weight excluding hydrogens is 232 g/mol. The van der Waals surface area contributed by atoms with Crippen LogP contribution in [0.3, 0.4) is 0 Å². The molecule has 0 bridgehead atoms. The quantitative estimate of drug-likeness (QED) is 0.814. The molecule has 0 amide bonds. The standard InChI is InChI=1S/C13H22N2OS/c1-8(2)13(5,6)7-14-12-11(10(4)16)9(3)15-17-12/h8,14H,7H2,1-6H3. The van der Waals surface area contributed by atoms with Gasteiger partial charge in [-0.15, -0.1) is 0 Å². The van der Waals surface area contributed by atoms with Gasteiger partial charge in [-0.1, -0.05) is 27.7 Å². The van der Waals surface area contributed by atoms with E-state index < -0.39 is 0 Å². The molecule has 0 aliphatic heterocycles. The summed E-state index contributed by atoms with van der Waals surface area (Å²) in [5.41, 5.74) is 1.77. The van der Waals surface area contributed by atoms with Crippen molar-refractivity contribution in [2.75, 3.05) is 11.9 Å². The van der Waals surface area contributed by atoms with Crippen LogP contribution in [0.15, 0.2) is 0 Å². The van der Waals surface area contributed by atoms with Gasteiger partial charge in [-0.25, -0.2) is 0 Å². The first-order valence-electron chi connectivity index (χ1n) is 5.96. The van der Waals surface area contributed by atoms with E-state index in [0.717, 1.165) is 22.8 Å². The van der Waals surface area contributed by atoms with Crippen LogP contribution in [-0.2, 0) is 0 Å². The largest absolute Gasteiger partial charge is 0.375 e. The summed E-state index contributed by atoms with van der Waals surface area (Å²) in [5.74, 6) is 0.672. The summed E-state index contributed by atoms with van der Waals surface area (Å²) in [6.45, 7) is 13.2. The Morgan fingerprint density at radius 1 is 1.47 bits per heavy atom. The Morgan fingerprint density at radius 3 is 2.53 bits per heavy atom. The first kappa shape index (κ1) is 14.2. The van der Waals surface area contributed by atoms with Gasteiger partial charge in [-0.2, -0.15) is 4.37 Å². The average Bonchev–Trinajstić information content (AvgIpc) is 2.56. The number of hydrogen-bond donors (Lipinski definition) is 1. The Morgan fingerprint density at radius 2 is 2.06 bits per heavy atom.